The summed E-state index contributed by atoms with van der Waals surface area (Å²) in [5.74, 6) is -0.919. The molecule has 0 bridgehead atoms. The average Bonchev–Trinajstić information content (AvgIpc) is 3.46. The van der Waals surface area contributed by atoms with Crippen molar-refractivity contribution in [2.24, 2.45) is 0 Å². The van der Waals surface area contributed by atoms with Gasteiger partial charge in [0, 0.05) is 19.3 Å². The molecule has 0 aliphatic rings. The summed E-state index contributed by atoms with van der Waals surface area (Å²) in [6.45, 7) is 6.39. The molecule has 0 fully saturated rings. The smallest absolute Gasteiger partial charge is 0.306 e. The molecule has 0 aliphatic carbocycles. The van der Waals surface area contributed by atoms with Crippen molar-refractivity contribution >= 4 is 17.9 Å². The Labute approximate surface area is 493 Å². The second-order valence-electron chi connectivity index (χ2n) is 21.3. The van der Waals surface area contributed by atoms with E-state index in [4.69, 9.17) is 14.2 Å². The van der Waals surface area contributed by atoms with Crippen LogP contribution in [0.5, 0.6) is 0 Å². The molecule has 0 saturated heterocycles. The predicted molar refractivity (Wildman–Crippen MR) is 348 cm³/mol. The Morgan fingerprint density at radius 2 is 0.487 bits per heavy atom. The second-order valence-corrected chi connectivity index (χ2v) is 21.3. The highest BCUT2D eigenvalue weighted by molar-refractivity contribution is 5.71. The van der Waals surface area contributed by atoms with E-state index in [2.05, 4.69) is 167 Å². The van der Waals surface area contributed by atoms with Crippen LogP contribution in [0.4, 0.5) is 0 Å². The summed E-state index contributed by atoms with van der Waals surface area (Å²) >= 11 is 0. The Hall–Kier alpha value is -4.71. The van der Waals surface area contributed by atoms with Crippen molar-refractivity contribution in [2.75, 3.05) is 13.2 Å². The molecule has 1 unspecified atom stereocenters. The molecule has 0 N–H and O–H groups in total. The summed E-state index contributed by atoms with van der Waals surface area (Å²) in [7, 11) is 0. The molecule has 0 aromatic carbocycles. The van der Waals surface area contributed by atoms with Gasteiger partial charge < -0.3 is 14.2 Å². The quantitative estimate of drug-likeness (QED) is 0.0261. The van der Waals surface area contributed by atoms with Crippen molar-refractivity contribution in [3.63, 3.8) is 0 Å². The zero-order chi connectivity index (χ0) is 57.8. The first-order valence-corrected chi connectivity index (χ1v) is 32.8. The van der Waals surface area contributed by atoms with Gasteiger partial charge in [-0.2, -0.15) is 0 Å². The molecule has 6 heteroatoms. The normalized spacial score (nSPS) is 13.1. The van der Waals surface area contributed by atoms with Crippen LogP contribution in [0.3, 0.4) is 0 Å². The summed E-state index contributed by atoms with van der Waals surface area (Å²) < 4.78 is 16.9. The van der Waals surface area contributed by atoms with E-state index in [-0.39, 0.29) is 31.1 Å². The lowest BCUT2D eigenvalue weighted by Gasteiger charge is -2.18. The van der Waals surface area contributed by atoms with Gasteiger partial charge in [-0.25, -0.2) is 0 Å². The minimum Gasteiger partial charge on any atom is -0.462 e. The van der Waals surface area contributed by atoms with Crippen molar-refractivity contribution < 1.29 is 28.6 Å². The van der Waals surface area contributed by atoms with Crippen molar-refractivity contribution in [2.45, 2.75) is 290 Å². The first kappa shape index (κ1) is 75.3. The van der Waals surface area contributed by atoms with E-state index in [1.807, 2.05) is 0 Å². The van der Waals surface area contributed by atoms with Crippen LogP contribution in [0.1, 0.15) is 284 Å². The van der Waals surface area contributed by atoms with Crippen LogP contribution in [-0.4, -0.2) is 37.2 Å². The summed E-state index contributed by atoms with van der Waals surface area (Å²) in [6.07, 6.45) is 95.7. The van der Waals surface area contributed by atoms with Gasteiger partial charge in [-0.05, 0) is 122 Å². The molecule has 0 aromatic heterocycles. The van der Waals surface area contributed by atoms with E-state index in [0.717, 1.165) is 161 Å². The lowest BCUT2D eigenvalue weighted by molar-refractivity contribution is -0.167. The fraction of sp³-hybridized carbons (Fsp3) is 0.635. The number of rotatable bonds is 58. The van der Waals surface area contributed by atoms with Gasteiger partial charge in [-0.3, -0.25) is 14.4 Å². The highest BCUT2D eigenvalue weighted by Crippen LogP contribution is 2.15. The summed E-state index contributed by atoms with van der Waals surface area (Å²) in [5.41, 5.74) is 0. The number of allylic oxidation sites excluding steroid dienone is 24. The highest BCUT2D eigenvalue weighted by Gasteiger charge is 2.19. The average molecular weight is 1110 g/mol. The molecule has 0 aromatic rings. The van der Waals surface area contributed by atoms with Crippen molar-refractivity contribution in [1.29, 1.82) is 0 Å². The van der Waals surface area contributed by atoms with E-state index in [9.17, 15) is 14.4 Å². The van der Waals surface area contributed by atoms with Gasteiger partial charge in [0.25, 0.3) is 0 Å². The molecule has 0 radical (unpaired) electrons. The van der Waals surface area contributed by atoms with Crippen LogP contribution in [-0.2, 0) is 28.6 Å². The summed E-state index contributed by atoms with van der Waals surface area (Å²) in [5, 5.41) is 0. The Kier molecular flexibility index (Phi) is 62.9. The fourth-order valence-corrected chi connectivity index (χ4v) is 8.74. The standard InChI is InChI=1S/C74H120O6/c1-4-7-10-13-16-19-22-25-27-29-30-31-32-33-34-35-36-37-38-39-40-41-42-43-44-46-47-49-52-55-58-61-64-67-73(76)79-70-71(69-78-72(75)66-63-60-57-54-51-24-21-18-15-12-9-6-3)80-74(77)68-65-62-59-56-53-50-48-45-28-26-23-20-17-14-11-8-5-2/h7-8,10-11,16-17,19-20,25-28,30-31,33-34,36-37,39-40,42-43,46-47,71H,4-6,9,12-15,18,21-24,29,32,35,38,41,44-45,48-70H2,1-3H3/b10-7-,11-8-,19-16-,20-17-,27-25-,28-26-,31-30-,34-33-,37-36-,40-39-,43-42-,47-46-. The van der Waals surface area contributed by atoms with Crippen LogP contribution in [0.2, 0.25) is 0 Å². The van der Waals surface area contributed by atoms with Crippen molar-refractivity contribution in [3.05, 3.63) is 146 Å². The SMILES string of the molecule is CC/C=C\C/C=C\C/C=C\C/C=C\C/C=C\C/C=C\C/C=C\C/C=C\C/C=C\CCCCCCCC(=O)OCC(COC(=O)CCCCCCCCCCCCCC)OC(=O)CCCCCCCCC/C=C\C/C=C\C/C=C\CC. The fourth-order valence-electron chi connectivity index (χ4n) is 8.74. The van der Waals surface area contributed by atoms with Crippen LogP contribution in [0, 0.1) is 0 Å². The first-order chi connectivity index (χ1) is 39.5. The second kappa shape index (κ2) is 66.8. The third kappa shape index (κ3) is 64.1. The molecule has 0 heterocycles. The van der Waals surface area contributed by atoms with Gasteiger partial charge >= 0.3 is 17.9 Å². The molecular weight excluding hydrogens is 985 g/mol. The third-order valence-electron chi connectivity index (χ3n) is 13.6. The number of esters is 3. The third-order valence-corrected chi connectivity index (χ3v) is 13.6. The van der Waals surface area contributed by atoms with Crippen LogP contribution in [0.15, 0.2) is 146 Å². The lowest BCUT2D eigenvalue weighted by atomic mass is 10.0. The molecule has 0 amide bonds. The maximum Gasteiger partial charge on any atom is 0.306 e. The summed E-state index contributed by atoms with van der Waals surface area (Å²) in [4.78, 5) is 38.3. The number of unbranched alkanes of at least 4 members (excludes halogenated alkanes) is 23. The van der Waals surface area contributed by atoms with Crippen molar-refractivity contribution in [3.8, 4) is 0 Å². The zero-order valence-electron chi connectivity index (χ0n) is 51.8. The van der Waals surface area contributed by atoms with Crippen LogP contribution >= 0.6 is 0 Å². The minimum absolute atomic E-state index is 0.0902. The molecule has 0 aliphatic heterocycles. The van der Waals surface area contributed by atoms with E-state index in [1.165, 1.54) is 83.5 Å². The molecule has 0 saturated carbocycles. The first-order valence-electron chi connectivity index (χ1n) is 32.8. The molecule has 0 rings (SSSR count). The molecule has 0 spiro atoms. The predicted octanol–water partition coefficient (Wildman–Crippen LogP) is 22.7. The molecular formula is C74H120O6. The number of hydrogen-bond donors (Lipinski definition) is 0. The van der Waals surface area contributed by atoms with Gasteiger partial charge in [0.2, 0.25) is 0 Å². The number of carbonyl (C=O) groups is 3. The molecule has 452 valence electrons. The van der Waals surface area contributed by atoms with Crippen LogP contribution in [0.25, 0.3) is 0 Å². The molecule has 6 nitrogen and oxygen atoms in total. The molecule has 1 atom stereocenters. The number of ether oxygens (including phenoxy) is 3. The Balaban J connectivity index is 4.33. The van der Waals surface area contributed by atoms with E-state index >= 15 is 0 Å². The maximum absolute atomic E-state index is 12.9. The van der Waals surface area contributed by atoms with Crippen LogP contribution < -0.4 is 0 Å². The van der Waals surface area contributed by atoms with Crippen molar-refractivity contribution in [1.82, 2.24) is 0 Å². The Morgan fingerprint density at radius 1 is 0.263 bits per heavy atom. The van der Waals surface area contributed by atoms with E-state index < -0.39 is 6.10 Å². The van der Waals surface area contributed by atoms with Gasteiger partial charge in [-0.1, -0.05) is 289 Å². The van der Waals surface area contributed by atoms with Gasteiger partial charge in [0.1, 0.15) is 13.2 Å². The largest absolute Gasteiger partial charge is 0.462 e. The summed E-state index contributed by atoms with van der Waals surface area (Å²) in [6, 6.07) is 0. The topological polar surface area (TPSA) is 78.9 Å². The Bertz CT molecular complexity index is 1750. The van der Waals surface area contributed by atoms with Gasteiger partial charge in [0.15, 0.2) is 6.10 Å². The van der Waals surface area contributed by atoms with E-state index in [1.54, 1.807) is 0 Å². The lowest BCUT2D eigenvalue weighted by Crippen LogP contribution is -2.30. The number of carbonyl (C=O) groups excluding carboxylic acids is 3. The monoisotopic (exact) mass is 1100 g/mol. The molecule has 80 heavy (non-hydrogen) atoms. The minimum atomic E-state index is -0.796. The van der Waals surface area contributed by atoms with Gasteiger partial charge in [-0.15, -0.1) is 0 Å². The zero-order valence-corrected chi connectivity index (χ0v) is 51.8. The van der Waals surface area contributed by atoms with E-state index in [0.29, 0.717) is 19.3 Å². The van der Waals surface area contributed by atoms with Gasteiger partial charge in [0.05, 0.1) is 0 Å². The Morgan fingerprint density at radius 3 is 0.762 bits per heavy atom. The highest BCUT2D eigenvalue weighted by atomic mass is 16.6. The maximum atomic E-state index is 12.9. The number of hydrogen-bond acceptors (Lipinski definition) is 6.